The van der Waals surface area contributed by atoms with Crippen LogP contribution in [0.15, 0.2) is 59.9 Å². The number of fused-ring (bicyclic) bond motifs is 3. The van der Waals surface area contributed by atoms with E-state index in [0.717, 1.165) is 12.1 Å². The molecule has 1 unspecified atom stereocenters. The summed E-state index contributed by atoms with van der Waals surface area (Å²) in [7, 11) is -1.11. The third kappa shape index (κ3) is 2.64. The number of benzene rings is 2. The molecule has 0 amide bonds. The summed E-state index contributed by atoms with van der Waals surface area (Å²) in [6, 6.07) is 16.6. The van der Waals surface area contributed by atoms with E-state index in [9.17, 15) is 4.21 Å². The Kier molecular flexibility index (Phi) is 3.42. The van der Waals surface area contributed by atoms with Crippen LogP contribution in [0, 0.1) is 0 Å². The molecule has 1 aliphatic rings. The van der Waals surface area contributed by atoms with Crippen LogP contribution >= 0.6 is 0 Å². The van der Waals surface area contributed by atoms with E-state index >= 15 is 0 Å². The van der Waals surface area contributed by atoms with Crippen LogP contribution in [0.1, 0.15) is 11.1 Å². The summed E-state index contributed by atoms with van der Waals surface area (Å²) in [6.07, 6.45) is 4.00. The van der Waals surface area contributed by atoms with Gasteiger partial charge in [-0.15, -0.1) is 0 Å². The van der Waals surface area contributed by atoms with Crippen LogP contribution in [0.3, 0.4) is 0 Å². The molecular formula is C18H15N3OS. The summed E-state index contributed by atoms with van der Waals surface area (Å²) in [6.45, 7) is 0. The minimum absolute atomic E-state index is 0.524. The van der Waals surface area contributed by atoms with Crippen molar-refractivity contribution in [2.45, 2.75) is 11.4 Å². The SMILES string of the molecule is CS(=O)c1cc(Nc2ccc3c(c2)Cc2ccccc2-3)ncn1. The zero-order valence-corrected chi connectivity index (χ0v) is 13.4. The van der Waals surface area contributed by atoms with E-state index in [2.05, 4.69) is 51.7 Å². The topological polar surface area (TPSA) is 54.9 Å². The molecule has 114 valence electrons. The average Bonchev–Trinajstić information content (AvgIpc) is 2.92. The molecule has 5 heteroatoms. The van der Waals surface area contributed by atoms with Gasteiger partial charge in [0, 0.05) is 18.0 Å². The van der Waals surface area contributed by atoms with Crippen LogP contribution in [0.5, 0.6) is 0 Å². The molecule has 1 aromatic heterocycles. The molecule has 4 rings (SSSR count). The Morgan fingerprint density at radius 2 is 1.83 bits per heavy atom. The number of nitrogens with zero attached hydrogens (tertiary/aromatic N) is 2. The minimum Gasteiger partial charge on any atom is -0.340 e. The molecule has 1 aliphatic carbocycles. The van der Waals surface area contributed by atoms with Crippen molar-refractivity contribution in [1.29, 1.82) is 0 Å². The van der Waals surface area contributed by atoms with Gasteiger partial charge in [-0.1, -0.05) is 30.3 Å². The lowest BCUT2D eigenvalue weighted by atomic mass is 10.1. The highest BCUT2D eigenvalue weighted by molar-refractivity contribution is 7.84. The summed E-state index contributed by atoms with van der Waals surface area (Å²) < 4.78 is 11.5. The number of hydrogen-bond acceptors (Lipinski definition) is 4. The van der Waals surface area contributed by atoms with Gasteiger partial charge in [-0.3, -0.25) is 4.21 Å². The molecule has 0 saturated carbocycles. The Hall–Kier alpha value is -2.53. The van der Waals surface area contributed by atoms with Crippen molar-refractivity contribution in [3.63, 3.8) is 0 Å². The minimum atomic E-state index is -1.11. The standard InChI is InChI=1S/C18H15N3OS/c1-23(22)18-10-17(19-11-20-18)21-14-6-7-16-13(9-14)8-12-4-2-3-5-15(12)16/h2-7,9-11H,8H2,1H3,(H,19,20,21). The van der Waals surface area contributed by atoms with Crippen molar-refractivity contribution >= 4 is 22.3 Å². The number of aromatic nitrogens is 2. The van der Waals surface area contributed by atoms with E-state index in [0.29, 0.717) is 10.8 Å². The van der Waals surface area contributed by atoms with Crippen LogP contribution < -0.4 is 5.32 Å². The van der Waals surface area contributed by atoms with Crippen molar-refractivity contribution in [2.75, 3.05) is 11.6 Å². The van der Waals surface area contributed by atoms with Crippen molar-refractivity contribution in [1.82, 2.24) is 9.97 Å². The maximum absolute atomic E-state index is 11.5. The third-order valence-electron chi connectivity index (χ3n) is 4.00. The summed E-state index contributed by atoms with van der Waals surface area (Å²) in [5.74, 6) is 0.653. The fraction of sp³-hybridized carbons (Fsp3) is 0.111. The molecule has 0 spiro atoms. The highest BCUT2D eigenvalue weighted by atomic mass is 32.2. The van der Waals surface area contributed by atoms with Crippen molar-refractivity contribution in [2.24, 2.45) is 0 Å². The van der Waals surface area contributed by atoms with Gasteiger partial charge in [-0.05, 0) is 40.8 Å². The van der Waals surface area contributed by atoms with Crippen LogP contribution in [0.2, 0.25) is 0 Å². The maximum Gasteiger partial charge on any atom is 0.134 e. The lowest BCUT2D eigenvalue weighted by Gasteiger charge is -2.08. The molecule has 1 atom stereocenters. The van der Waals surface area contributed by atoms with Crippen LogP contribution in [0.25, 0.3) is 11.1 Å². The van der Waals surface area contributed by atoms with Crippen LogP contribution in [-0.4, -0.2) is 20.4 Å². The normalized spacial score (nSPS) is 13.3. The molecule has 23 heavy (non-hydrogen) atoms. The molecule has 4 nitrogen and oxygen atoms in total. The lowest BCUT2D eigenvalue weighted by Crippen LogP contribution is -1.99. The van der Waals surface area contributed by atoms with E-state index in [1.54, 1.807) is 12.3 Å². The highest BCUT2D eigenvalue weighted by Gasteiger charge is 2.17. The second-order valence-corrected chi connectivity index (χ2v) is 6.85. The quantitative estimate of drug-likeness (QED) is 0.587. The smallest absolute Gasteiger partial charge is 0.134 e. The third-order valence-corrected chi connectivity index (χ3v) is 4.81. The Labute approximate surface area is 137 Å². The predicted molar refractivity (Wildman–Crippen MR) is 92.3 cm³/mol. The van der Waals surface area contributed by atoms with Crippen molar-refractivity contribution in [3.05, 3.63) is 66.0 Å². The Balaban J connectivity index is 1.64. The first-order valence-corrected chi connectivity index (χ1v) is 8.90. The second kappa shape index (κ2) is 5.59. The lowest BCUT2D eigenvalue weighted by molar-refractivity contribution is 0.684. The molecule has 1 heterocycles. The molecule has 0 aliphatic heterocycles. The van der Waals surface area contributed by atoms with Crippen LogP contribution in [0.4, 0.5) is 11.5 Å². The number of anilines is 2. The average molecular weight is 321 g/mol. The fourth-order valence-corrected chi connectivity index (χ4v) is 3.41. The Morgan fingerprint density at radius 1 is 1.00 bits per heavy atom. The van der Waals surface area contributed by atoms with E-state index in [1.807, 2.05) is 6.07 Å². The van der Waals surface area contributed by atoms with E-state index in [1.165, 1.54) is 28.6 Å². The molecule has 0 fully saturated rings. The van der Waals surface area contributed by atoms with E-state index in [4.69, 9.17) is 0 Å². The van der Waals surface area contributed by atoms with Gasteiger partial charge in [0.25, 0.3) is 0 Å². The van der Waals surface area contributed by atoms with Gasteiger partial charge in [-0.25, -0.2) is 9.97 Å². The van der Waals surface area contributed by atoms with Gasteiger partial charge >= 0.3 is 0 Å². The molecular weight excluding hydrogens is 306 g/mol. The van der Waals surface area contributed by atoms with Crippen molar-refractivity contribution in [3.8, 4) is 11.1 Å². The monoisotopic (exact) mass is 321 g/mol. The number of hydrogen-bond donors (Lipinski definition) is 1. The second-order valence-electron chi connectivity index (χ2n) is 5.53. The largest absolute Gasteiger partial charge is 0.340 e. The Morgan fingerprint density at radius 3 is 2.70 bits per heavy atom. The first-order valence-electron chi connectivity index (χ1n) is 7.34. The fourth-order valence-electron chi connectivity index (χ4n) is 2.94. The summed E-state index contributed by atoms with van der Waals surface area (Å²) in [5.41, 5.74) is 6.27. The number of nitrogens with one attached hydrogen (secondary N) is 1. The van der Waals surface area contributed by atoms with Gasteiger partial charge in [0.05, 0.1) is 10.8 Å². The first kappa shape index (κ1) is 14.1. The molecule has 0 bridgehead atoms. The highest BCUT2D eigenvalue weighted by Crippen LogP contribution is 2.37. The van der Waals surface area contributed by atoms with Crippen LogP contribution in [-0.2, 0) is 17.2 Å². The first-order chi connectivity index (χ1) is 11.2. The molecule has 3 aromatic rings. The summed E-state index contributed by atoms with van der Waals surface area (Å²) in [4.78, 5) is 8.21. The summed E-state index contributed by atoms with van der Waals surface area (Å²) in [5, 5.41) is 3.79. The molecule has 0 radical (unpaired) electrons. The maximum atomic E-state index is 11.5. The molecule has 2 aromatic carbocycles. The molecule has 0 saturated heterocycles. The summed E-state index contributed by atoms with van der Waals surface area (Å²) >= 11 is 0. The Bertz CT molecular complexity index is 924. The zero-order chi connectivity index (χ0) is 15.8. The van der Waals surface area contributed by atoms with Gasteiger partial charge in [-0.2, -0.15) is 0 Å². The predicted octanol–water partition coefficient (Wildman–Crippen LogP) is 3.53. The van der Waals surface area contributed by atoms with Gasteiger partial charge in [0.1, 0.15) is 17.2 Å². The van der Waals surface area contributed by atoms with Crippen molar-refractivity contribution < 1.29 is 4.21 Å². The van der Waals surface area contributed by atoms with Gasteiger partial charge in [0.2, 0.25) is 0 Å². The van der Waals surface area contributed by atoms with E-state index in [-0.39, 0.29) is 0 Å². The number of rotatable bonds is 3. The molecule has 1 N–H and O–H groups in total. The zero-order valence-electron chi connectivity index (χ0n) is 12.6. The van der Waals surface area contributed by atoms with Gasteiger partial charge < -0.3 is 5.32 Å². The van der Waals surface area contributed by atoms with E-state index < -0.39 is 10.8 Å². The van der Waals surface area contributed by atoms with Gasteiger partial charge in [0.15, 0.2) is 0 Å².